The van der Waals surface area contributed by atoms with Crippen molar-refractivity contribution in [3.63, 3.8) is 0 Å². The highest BCUT2D eigenvalue weighted by Crippen LogP contribution is 2.17. The summed E-state index contributed by atoms with van der Waals surface area (Å²) in [6.45, 7) is 9.74. The van der Waals surface area contributed by atoms with Gasteiger partial charge in [-0.25, -0.2) is 0 Å². The lowest BCUT2D eigenvalue weighted by Crippen LogP contribution is -2.45. The van der Waals surface area contributed by atoms with Crippen molar-refractivity contribution in [3.05, 3.63) is 35.4 Å². The maximum Gasteiger partial charge on any atom is 0.221 e. The standard InChI is InChI=1S/C20H31N3O3/c1-15-11-23(12-16(2)26-15)13-18-6-4-3-5-17(18)10-22-20(24)9-19-14-25-8-7-21-19/h3-6,15-16,19,21H,7-14H2,1-2H3,(H,22,24). The number of ether oxygens (including phenoxy) is 2. The van der Waals surface area contributed by atoms with Gasteiger partial charge in [-0.2, -0.15) is 0 Å². The first kappa shape index (κ1) is 19.3. The average molecular weight is 361 g/mol. The fraction of sp³-hybridized carbons (Fsp3) is 0.650. The van der Waals surface area contributed by atoms with Crippen LogP contribution in [0.2, 0.25) is 0 Å². The Kier molecular flexibility index (Phi) is 7.02. The summed E-state index contributed by atoms with van der Waals surface area (Å²) in [5.41, 5.74) is 2.45. The number of carbonyl (C=O) groups is 1. The third kappa shape index (κ3) is 5.77. The number of hydrogen-bond donors (Lipinski definition) is 2. The van der Waals surface area contributed by atoms with E-state index in [1.54, 1.807) is 0 Å². The van der Waals surface area contributed by atoms with Gasteiger partial charge in [0.2, 0.25) is 5.91 Å². The van der Waals surface area contributed by atoms with Gasteiger partial charge in [0.25, 0.3) is 0 Å². The van der Waals surface area contributed by atoms with Crippen molar-refractivity contribution in [1.82, 2.24) is 15.5 Å². The third-order valence-electron chi connectivity index (χ3n) is 4.91. The first-order valence-corrected chi connectivity index (χ1v) is 9.62. The van der Waals surface area contributed by atoms with E-state index >= 15 is 0 Å². The highest BCUT2D eigenvalue weighted by Gasteiger charge is 2.23. The van der Waals surface area contributed by atoms with Crippen LogP contribution in [0.25, 0.3) is 0 Å². The Morgan fingerprint density at radius 1 is 1.23 bits per heavy atom. The largest absolute Gasteiger partial charge is 0.378 e. The molecule has 2 heterocycles. The van der Waals surface area contributed by atoms with Gasteiger partial charge in [0.15, 0.2) is 0 Å². The monoisotopic (exact) mass is 361 g/mol. The van der Waals surface area contributed by atoms with Crippen molar-refractivity contribution in [1.29, 1.82) is 0 Å². The molecule has 0 radical (unpaired) electrons. The smallest absolute Gasteiger partial charge is 0.221 e. The molecular formula is C20H31N3O3. The lowest BCUT2D eigenvalue weighted by molar-refractivity contribution is -0.122. The molecule has 26 heavy (non-hydrogen) atoms. The number of carbonyl (C=O) groups excluding carboxylic acids is 1. The zero-order chi connectivity index (χ0) is 18.4. The van der Waals surface area contributed by atoms with Gasteiger partial charge in [-0.1, -0.05) is 24.3 Å². The van der Waals surface area contributed by atoms with Crippen molar-refractivity contribution < 1.29 is 14.3 Å². The normalized spacial score (nSPS) is 27.2. The van der Waals surface area contributed by atoms with Gasteiger partial charge >= 0.3 is 0 Å². The summed E-state index contributed by atoms with van der Waals surface area (Å²) in [6, 6.07) is 8.48. The van der Waals surface area contributed by atoms with E-state index in [1.165, 1.54) is 11.1 Å². The van der Waals surface area contributed by atoms with Gasteiger partial charge in [-0.15, -0.1) is 0 Å². The van der Waals surface area contributed by atoms with Gasteiger partial charge in [-0.05, 0) is 25.0 Å². The second kappa shape index (κ2) is 9.46. The molecule has 144 valence electrons. The van der Waals surface area contributed by atoms with Crippen molar-refractivity contribution in [2.24, 2.45) is 0 Å². The molecule has 3 rings (SSSR count). The Balaban J connectivity index is 1.52. The molecule has 2 N–H and O–H groups in total. The van der Waals surface area contributed by atoms with Crippen LogP contribution < -0.4 is 10.6 Å². The summed E-state index contributed by atoms with van der Waals surface area (Å²) in [7, 11) is 0. The molecule has 2 saturated heterocycles. The first-order valence-electron chi connectivity index (χ1n) is 9.62. The Bertz CT molecular complexity index is 579. The van der Waals surface area contributed by atoms with E-state index < -0.39 is 0 Å². The maximum atomic E-state index is 12.2. The van der Waals surface area contributed by atoms with E-state index in [1.807, 2.05) is 6.07 Å². The van der Waals surface area contributed by atoms with Gasteiger partial charge in [0, 0.05) is 45.2 Å². The van der Waals surface area contributed by atoms with E-state index in [2.05, 4.69) is 47.6 Å². The highest BCUT2D eigenvalue weighted by atomic mass is 16.5. The topological polar surface area (TPSA) is 62.8 Å². The minimum absolute atomic E-state index is 0.0661. The predicted octanol–water partition coefficient (Wildman–Crippen LogP) is 1.29. The lowest BCUT2D eigenvalue weighted by Gasteiger charge is -2.35. The third-order valence-corrected chi connectivity index (χ3v) is 4.91. The number of hydrogen-bond acceptors (Lipinski definition) is 5. The second-order valence-electron chi connectivity index (χ2n) is 7.43. The zero-order valence-electron chi connectivity index (χ0n) is 15.9. The molecule has 0 saturated carbocycles. The molecule has 2 fully saturated rings. The summed E-state index contributed by atoms with van der Waals surface area (Å²) >= 11 is 0. The van der Waals surface area contributed by atoms with E-state index in [0.717, 1.165) is 32.8 Å². The van der Waals surface area contributed by atoms with Gasteiger partial charge < -0.3 is 20.1 Å². The second-order valence-corrected chi connectivity index (χ2v) is 7.43. The molecule has 1 amide bonds. The van der Waals surface area contributed by atoms with Crippen LogP contribution in [0.15, 0.2) is 24.3 Å². The minimum Gasteiger partial charge on any atom is -0.378 e. The number of morpholine rings is 2. The van der Waals surface area contributed by atoms with Crippen LogP contribution in [0.4, 0.5) is 0 Å². The zero-order valence-corrected chi connectivity index (χ0v) is 15.9. The predicted molar refractivity (Wildman–Crippen MR) is 101 cm³/mol. The quantitative estimate of drug-likeness (QED) is 0.800. The average Bonchev–Trinajstić information content (AvgIpc) is 2.61. The molecule has 6 nitrogen and oxygen atoms in total. The summed E-state index contributed by atoms with van der Waals surface area (Å²) in [5.74, 6) is 0.0661. The van der Waals surface area contributed by atoms with Crippen LogP contribution in [0, 0.1) is 0 Å². The number of nitrogens with zero attached hydrogens (tertiary/aromatic N) is 1. The van der Waals surface area contributed by atoms with E-state index in [9.17, 15) is 4.79 Å². The summed E-state index contributed by atoms with van der Waals surface area (Å²) in [5, 5.41) is 6.38. The van der Waals surface area contributed by atoms with Crippen LogP contribution in [-0.2, 0) is 27.4 Å². The van der Waals surface area contributed by atoms with Crippen molar-refractivity contribution in [3.8, 4) is 0 Å². The van der Waals surface area contributed by atoms with Crippen LogP contribution in [0.3, 0.4) is 0 Å². The van der Waals surface area contributed by atoms with E-state index in [-0.39, 0.29) is 24.2 Å². The molecule has 0 bridgehead atoms. The first-order chi connectivity index (χ1) is 12.6. The molecule has 1 aromatic rings. The molecule has 0 aromatic heterocycles. The van der Waals surface area contributed by atoms with E-state index in [4.69, 9.17) is 9.47 Å². The minimum atomic E-state index is 0.0661. The summed E-state index contributed by atoms with van der Waals surface area (Å²) in [4.78, 5) is 14.7. The molecule has 1 aromatic carbocycles. The number of benzene rings is 1. The van der Waals surface area contributed by atoms with Gasteiger partial charge in [0.05, 0.1) is 25.4 Å². The van der Waals surface area contributed by atoms with E-state index in [0.29, 0.717) is 19.6 Å². The number of rotatable bonds is 6. The summed E-state index contributed by atoms with van der Waals surface area (Å²) < 4.78 is 11.2. The SMILES string of the molecule is CC1CN(Cc2ccccc2CNC(=O)CC2COCCN2)CC(C)O1. The van der Waals surface area contributed by atoms with Gasteiger partial charge in [-0.3, -0.25) is 9.69 Å². The van der Waals surface area contributed by atoms with Crippen LogP contribution in [-0.4, -0.2) is 61.9 Å². The molecule has 0 spiro atoms. The number of amides is 1. The Morgan fingerprint density at radius 3 is 2.65 bits per heavy atom. The molecular weight excluding hydrogens is 330 g/mol. The van der Waals surface area contributed by atoms with Crippen molar-refractivity contribution in [2.75, 3.05) is 32.8 Å². The lowest BCUT2D eigenvalue weighted by atomic mass is 10.1. The fourth-order valence-corrected chi connectivity index (χ4v) is 3.78. The van der Waals surface area contributed by atoms with Crippen LogP contribution in [0.5, 0.6) is 0 Å². The molecule has 6 heteroatoms. The van der Waals surface area contributed by atoms with Gasteiger partial charge in [0.1, 0.15) is 0 Å². The highest BCUT2D eigenvalue weighted by molar-refractivity contribution is 5.76. The molecule has 2 aliphatic heterocycles. The fourth-order valence-electron chi connectivity index (χ4n) is 3.78. The van der Waals surface area contributed by atoms with Crippen molar-refractivity contribution >= 4 is 5.91 Å². The Morgan fingerprint density at radius 2 is 1.96 bits per heavy atom. The van der Waals surface area contributed by atoms with Crippen LogP contribution >= 0.6 is 0 Å². The summed E-state index contributed by atoms with van der Waals surface area (Å²) in [6.07, 6.45) is 0.979. The molecule has 2 aliphatic rings. The number of nitrogens with one attached hydrogen (secondary N) is 2. The molecule has 3 unspecified atom stereocenters. The maximum absolute atomic E-state index is 12.2. The molecule has 0 aliphatic carbocycles. The van der Waals surface area contributed by atoms with Crippen molar-refractivity contribution in [2.45, 2.75) is 51.6 Å². The Hall–Kier alpha value is -1.47. The molecule has 3 atom stereocenters. The Labute approximate surface area is 156 Å². The van der Waals surface area contributed by atoms with Crippen LogP contribution in [0.1, 0.15) is 31.4 Å².